The summed E-state index contributed by atoms with van der Waals surface area (Å²) in [7, 11) is -3.11. The van der Waals surface area contributed by atoms with Crippen LogP contribution in [0.25, 0.3) is 22.3 Å². The van der Waals surface area contributed by atoms with Crippen LogP contribution in [-0.2, 0) is 14.6 Å². The predicted octanol–water partition coefficient (Wildman–Crippen LogP) is 2.38. The summed E-state index contributed by atoms with van der Waals surface area (Å²) in [5.74, 6) is 0.200. The second-order valence-corrected chi connectivity index (χ2v) is 10.4. The van der Waals surface area contributed by atoms with Crippen molar-refractivity contribution in [2.75, 3.05) is 37.8 Å². The molecule has 2 aliphatic heterocycles. The molecule has 168 valence electrons. The van der Waals surface area contributed by atoms with Gasteiger partial charge in [-0.05, 0) is 43.7 Å². The third-order valence-corrected chi connectivity index (χ3v) is 7.82. The minimum absolute atomic E-state index is 0.0419. The van der Waals surface area contributed by atoms with Gasteiger partial charge in [-0.1, -0.05) is 0 Å². The van der Waals surface area contributed by atoms with Gasteiger partial charge in [0.15, 0.2) is 15.5 Å². The van der Waals surface area contributed by atoms with Crippen molar-refractivity contribution in [1.82, 2.24) is 19.4 Å². The van der Waals surface area contributed by atoms with Crippen LogP contribution in [-0.4, -0.2) is 71.6 Å². The molecule has 2 saturated heterocycles. The Morgan fingerprint density at radius 3 is 2.53 bits per heavy atom. The monoisotopic (exact) mass is 458 g/mol. The van der Waals surface area contributed by atoms with Gasteiger partial charge in [-0.3, -0.25) is 4.79 Å². The summed E-state index contributed by atoms with van der Waals surface area (Å²) in [6, 6.07) is 7.47. The summed E-state index contributed by atoms with van der Waals surface area (Å²) in [5.41, 5.74) is 2.50. The highest BCUT2D eigenvalue weighted by atomic mass is 32.2. The van der Waals surface area contributed by atoms with Crippen LogP contribution in [0.15, 0.2) is 30.3 Å². The van der Waals surface area contributed by atoms with Crippen molar-refractivity contribution in [3.63, 3.8) is 0 Å². The summed E-state index contributed by atoms with van der Waals surface area (Å²) >= 11 is 0. The Bertz CT molecular complexity index is 1300. The van der Waals surface area contributed by atoms with Gasteiger partial charge >= 0.3 is 0 Å². The topological polar surface area (TPSA) is 94.4 Å². The maximum Gasteiger partial charge on any atom is 0.274 e. The van der Waals surface area contributed by atoms with E-state index in [4.69, 9.17) is 4.74 Å². The average Bonchev–Trinajstić information content (AvgIpc) is 3.31. The fourth-order valence-electron chi connectivity index (χ4n) is 4.48. The molecule has 0 saturated carbocycles. The Hall–Kier alpha value is -2.85. The van der Waals surface area contributed by atoms with Crippen LogP contribution in [0.5, 0.6) is 0 Å². The maximum atomic E-state index is 13.5. The Labute approximate surface area is 184 Å². The van der Waals surface area contributed by atoms with E-state index < -0.39 is 9.84 Å². The molecular weight excluding hydrogens is 435 g/mol. The molecule has 0 bridgehead atoms. The van der Waals surface area contributed by atoms with Crippen molar-refractivity contribution in [2.24, 2.45) is 0 Å². The van der Waals surface area contributed by atoms with Crippen LogP contribution in [0.1, 0.15) is 28.8 Å². The van der Waals surface area contributed by atoms with Crippen molar-refractivity contribution in [2.45, 2.75) is 19.4 Å². The second-order valence-electron chi connectivity index (χ2n) is 8.22. The highest BCUT2D eigenvalue weighted by Crippen LogP contribution is 2.33. The lowest BCUT2D eigenvalue weighted by atomic mass is 10.1. The summed E-state index contributed by atoms with van der Waals surface area (Å²) in [5, 5.41) is 0. The van der Waals surface area contributed by atoms with Crippen LogP contribution >= 0.6 is 0 Å². The quantitative estimate of drug-likeness (QED) is 0.598. The molecule has 0 radical (unpaired) electrons. The summed E-state index contributed by atoms with van der Waals surface area (Å²) in [6.07, 6.45) is 0.496. The first kappa shape index (κ1) is 21.0. The molecular formula is C22H23FN4O4S. The van der Waals surface area contributed by atoms with Crippen molar-refractivity contribution in [3.8, 4) is 11.3 Å². The highest BCUT2D eigenvalue weighted by Gasteiger charge is 2.33. The van der Waals surface area contributed by atoms with Gasteiger partial charge in [-0.15, -0.1) is 0 Å². The Morgan fingerprint density at radius 2 is 1.88 bits per heavy atom. The average molecular weight is 459 g/mol. The van der Waals surface area contributed by atoms with Crippen LogP contribution in [0.4, 0.5) is 4.39 Å². The zero-order chi connectivity index (χ0) is 22.5. The maximum absolute atomic E-state index is 13.5. The molecule has 2 aliphatic rings. The molecule has 8 nitrogen and oxygen atoms in total. The van der Waals surface area contributed by atoms with Crippen LogP contribution in [0.3, 0.4) is 0 Å². The van der Waals surface area contributed by atoms with E-state index >= 15 is 0 Å². The van der Waals surface area contributed by atoms with Gasteiger partial charge in [0, 0.05) is 18.7 Å². The minimum atomic E-state index is -3.11. The van der Waals surface area contributed by atoms with Gasteiger partial charge in [0.1, 0.15) is 17.2 Å². The van der Waals surface area contributed by atoms with Crippen molar-refractivity contribution < 1.29 is 22.3 Å². The lowest BCUT2D eigenvalue weighted by Crippen LogP contribution is -2.41. The molecule has 2 fully saturated rings. The number of imidazole rings is 1. The van der Waals surface area contributed by atoms with E-state index in [9.17, 15) is 17.6 Å². The third kappa shape index (κ3) is 3.77. The lowest BCUT2D eigenvalue weighted by molar-refractivity contribution is 0.0300. The molecule has 0 aliphatic carbocycles. The molecule has 1 atom stereocenters. The lowest BCUT2D eigenvalue weighted by Gasteiger charge is -2.26. The van der Waals surface area contributed by atoms with E-state index in [0.29, 0.717) is 60.8 Å². The number of amides is 1. The zero-order valence-corrected chi connectivity index (χ0v) is 18.4. The molecule has 0 N–H and O–H groups in total. The second kappa shape index (κ2) is 7.93. The number of carbonyl (C=O) groups is 1. The first-order chi connectivity index (χ1) is 15.3. The normalized spacial score (nSPS) is 20.7. The number of nitrogens with zero attached hydrogens (tertiary/aromatic N) is 4. The number of ether oxygens (including phenoxy) is 1. The van der Waals surface area contributed by atoms with Crippen molar-refractivity contribution in [1.29, 1.82) is 0 Å². The number of halogens is 1. The number of aromatic nitrogens is 3. The Balaban J connectivity index is 1.70. The molecule has 3 aromatic rings. The van der Waals surface area contributed by atoms with Crippen molar-refractivity contribution >= 4 is 26.8 Å². The fourth-order valence-corrected chi connectivity index (χ4v) is 6.18. The number of hydrogen-bond donors (Lipinski definition) is 0. The van der Waals surface area contributed by atoms with Gasteiger partial charge < -0.3 is 14.2 Å². The summed E-state index contributed by atoms with van der Waals surface area (Å²) < 4.78 is 45.0. The molecule has 10 heteroatoms. The first-order valence-electron chi connectivity index (χ1n) is 10.6. The van der Waals surface area contributed by atoms with Gasteiger partial charge in [0.05, 0.1) is 42.0 Å². The fraction of sp³-hybridized carbons (Fsp3) is 0.409. The van der Waals surface area contributed by atoms with E-state index in [-0.39, 0.29) is 35.0 Å². The van der Waals surface area contributed by atoms with Crippen molar-refractivity contribution in [3.05, 3.63) is 47.7 Å². The number of hydrogen-bond acceptors (Lipinski definition) is 6. The zero-order valence-electron chi connectivity index (χ0n) is 17.6. The SMILES string of the molecule is Cc1nc2c(C(=O)N3CCOCC3)nc(-c3ccc(F)cc3)cc2n1C1CCS(=O)(=O)C1. The molecule has 1 aromatic carbocycles. The number of rotatable bonds is 3. The number of aryl methyl sites for hydroxylation is 1. The Kier molecular flexibility index (Phi) is 5.21. The highest BCUT2D eigenvalue weighted by molar-refractivity contribution is 7.91. The standard InChI is InChI=1S/C22H23FN4O4S/c1-14-24-20-19(27(14)17-6-11-32(29,30)13-17)12-18(15-2-4-16(23)5-3-15)25-21(20)22(28)26-7-9-31-10-8-26/h2-5,12,17H,6-11,13H2,1H3. The molecule has 4 heterocycles. The molecule has 1 amide bonds. The molecule has 1 unspecified atom stereocenters. The number of benzene rings is 1. The summed E-state index contributed by atoms with van der Waals surface area (Å²) in [6.45, 7) is 3.65. The number of morpholine rings is 1. The van der Waals surface area contributed by atoms with Gasteiger partial charge in [-0.25, -0.2) is 22.8 Å². The largest absolute Gasteiger partial charge is 0.378 e. The van der Waals surface area contributed by atoms with E-state index in [1.165, 1.54) is 12.1 Å². The molecule has 0 spiro atoms. The minimum Gasteiger partial charge on any atom is -0.378 e. The van der Waals surface area contributed by atoms with Crippen LogP contribution in [0.2, 0.25) is 0 Å². The third-order valence-electron chi connectivity index (χ3n) is 6.07. The predicted molar refractivity (Wildman–Crippen MR) is 117 cm³/mol. The molecule has 5 rings (SSSR count). The Morgan fingerprint density at radius 1 is 1.16 bits per heavy atom. The van der Waals surface area contributed by atoms with Crippen LogP contribution < -0.4 is 0 Å². The summed E-state index contributed by atoms with van der Waals surface area (Å²) in [4.78, 5) is 24.4. The number of pyridine rings is 1. The smallest absolute Gasteiger partial charge is 0.274 e. The van der Waals surface area contributed by atoms with E-state index in [1.807, 2.05) is 17.6 Å². The van der Waals surface area contributed by atoms with E-state index in [2.05, 4.69) is 9.97 Å². The molecule has 32 heavy (non-hydrogen) atoms. The number of sulfone groups is 1. The first-order valence-corrected chi connectivity index (χ1v) is 12.4. The van der Waals surface area contributed by atoms with E-state index in [0.717, 1.165) is 0 Å². The number of fused-ring (bicyclic) bond motifs is 1. The van der Waals surface area contributed by atoms with E-state index in [1.54, 1.807) is 17.0 Å². The molecule has 2 aromatic heterocycles. The number of carbonyl (C=O) groups excluding carboxylic acids is 1. The van der Waals surface area contributed by atoms with Gasteiger partial charge in [-0.2, -0.15) is 0 Å². The van der Waals surface area contributed by atoms with Gasteiger partial charge in [0.2, 0.25) is 0 Å². The van der Waals surface area contributed by atoms with Crippen LogP contribution in [0, 0.1) is 12.7 Å². The van der Waals surface area contributed by atoms with Gasteiger partial charge in [0.25, 0.3) is 5.91 Å².